The zero-order chi connectivity index (χ0) is 14.2. The van der Waals surface area contributed by atoms with Gasteiger partial charge >= 0.3 is 0 Å². The lowest BCUT2D eigenvalue weighted by Gasteiger charge is -2.27. The van der Waals surface area contributed by atoms with E-state index in [1.807, 2.05) is 11.3 Å². The average molecular weight is 297 g/mol. The molecule has 1 heterocycles. The van der Waals surface area contributed by atoms with Crippen LogP contribution in [0.25, 0.3) is 0 Å². The van der Waals surface area contributed by atoms with Crippen molar-refractivity contribution in [3.8, 4) is 0 Å². The van der Waals surface area contributed by atoms with E-state index in [2.05, 4.69) is 30.3 Å². The van der Waals surface area contributed by atoms with E-state index in [4.69, 9.17) is 5.73 Å². The van der Waals surface area contributed by atoms with Gasteiger partial charge in [-0.25, -0.2) is 0 Å². The number of benzene rings is 1. The molecule has 0 fully saturated rings. The molecule has 0 radical (unpaired) electrons. The molecule has 4 rings (SSSR count). The smallest absolute Gasteiger partial charge is 0.0395 e. The molecule has 1 aromatic carbocycles. The maximum absolute atomic E-state index is 6.55. The largest absolute Gasteiger partial charge is 0.323 e. The summed E-state index contributed by atoms with van der Waals surface area (Å²) in [6.45, 7) is 0. The molecule has 0 bridgehead atoms. The van der Waals surface area contributed by atoms with Crippen LogP contribution in [0.15, 0.2) is 30.3 Å². The van der Waals surface area contributed by atoms with Crippen LogP contribution in [0.4, 0.5) is 0 Å². The number of nitrogens with two attached hydrogens (primary N) is 1. The van der Waals surface area contributed by atoms with Gasteiger partial charge in [0.2, 0.25) is 0 Å². The molecule has 2 aliphatic carbocycles. The minimum absolute atomic E-state index is 0.219. The van der Waals surface area contributed by atoms with Gasteiger partial charge in [0.15, 0.2) is 0 Å². The molecule has 2 N–H and O–H groups in total. The Morgan fingerprint density at radius 2 is 1.95 bits per heavy atom. The van der Waals surface area contributed by atoms with Gasteiger partial charge in [-0.15, -0.1) is 11.3 Å². The fourth-order valence-electron chi connectivity index (χ4n) is 4.06. The van der Waals surface area contributed by atoms with Crippen LogP contribution in [0, 0.1) is 0 Å². The third-order valence-electron chi connectivity index (χ3n) is 5.16. The molecule has 1 aromatic heterocycles. The second-order valence-electron chi connectivity index (χ2n) is 6.58. The molecule has 2 heteroatoms. The summed E-state index contributed by atoms with van der Waals surface area (Å²) >= 11 is 1.97. The van der Waals surface area contributed by atoms with Crippen molar-refractivity contribution < 1.29 is 0 Å². The van der Waals surface area contributed by atoms with Gasteiger partial charge in [0.05, 0.1) is 0 Å². The Kier molecular flexibility index (Phi) is 3.60. The highest BCUT2D eigenvalue weighted by molar-refractivity contribution is 7.12. The van der Waals surface area contributed by atoms with Crippen LogP contribution in [-0.2, 0) is 19.3 Å². The SMILES string of the molecule is NC(CC1CCCc2ccccc21)c1cc2c(s1)CCC2. The van der Waals surface area contributed by atoms with Crippen molar-refractivity contribution in [3.05, 3.63) is 56.8 Å². The molecule has 1 nitrogen and oxygen atoms in total. The highest BCUT2D eigenvalue weighted by Crippen LogP contribution is 2.40. The molecule has 2 unspecified atom stereocenters. The van der Waals surface area contributed by atoms with Gasteiger partial charge in [0.1, 0.15) is 0 Å². The first-order valence-electron chi connectivity index (χ1n) is 8.26. The van der Waals surface area contributed by atoms with Crippen molar-refractivity contribution in [2.24, 2.45) is 5.73 Å². The van der Waals surface area contributed by atoms with Gasteiger partial charge in [-0.1, -0.05) is 24.3 Å². The molecule has 2 atom stereocenters. The van der Waals surface area contributed by atoms with E-state index in [1.54, 1.807) is 21.6 Å². The second kappa shape index (κ2) is 5.58. The minimum atomic E-state index is 0.219. The first kappa shape index (κ1) is 13.5. The summed E-state index contributed by atoms with van der Waals surface area (Å²) in [5.74, 6) is 0.655. The zero-order valence-corrected chi connectivity index (χ0v) is 13.3. The highest BCUT2D eigenvalue weighted by atomic mass is 32.1. The Balaban J connectivity index is 1.53. The first-order chi connectivity index (χ1) is 10.3. The normalized spacial score (nSPS) is 21.9. The number of rotatable bonds is 3. The fourth-order valence-corrected chi connectivity index (χ4v) is 5.33. The molecule has 0 saturated heterocycles. The van der Waals surface area contributed by atoms with Crippen LogP contribution in [0.3, 0.4) is 0 Å². The van der Waals surface area contributed by atoms with Gasteiger partial charge in [0, 0.05) is 15.8 Å². The third-order valence-corrected chi connectivity index (χ3v) is 6.53. The number of fused-ring (bicyclic) bond motifs is 2. The third kappa shape index (κ3) is 2.56. The summed E-state index contributed by atoms with van der Waals surface area (Å²) in [4.78, 5) is 3.02. The molecule has 0 spiro atoms. The Morgan fingerprint density at radius 1 is 1.10 bits per heavy atom. The Hall–Kier alpha value is -1.12. The summed E-state index contributed by atoms with van der Waals surface area (Å²) in [6.07, 6.45) is 8.85. The van der Waals surface area contributed by atoms with Gasteiger partial charge in [-0.2, -0.15) is 0 Å². The summed E-state index contributed by atoms with van der Waals surface area (Å²) in [5, 5.41) is 0. The van der Waals surface area contributed by atoms with E-state index < -0.39 is 0 Å². The van der Waals surface area contributed by atoms with Gasteiger partial charge < -0.3 is 5.73 Å². The Bertz CT molecular complexity index is 621. The van der Waals surface area contributed by atoms with E-state index in [0.29, 0.717) is 5.92 Å². The molecule has 2 aliphatic rings. The second-order valence-corrected chi connectivity index (χ2v) is 7.75. The summed E-state index contributed by atoms with van der Waals surface area (Å²) < 4.78 is 0. The van der Waals surface area contributed by atoms with Crippen LogP contribution in [0.2, 0.25) is 0 Å². The van der Waals surface area contributed by atoms with Crippen molar-refractivity contribution in [3.63, 3.8) is 0 Å². The summed E-state index contributed by atoms with van der Waals surface area (Å²) in [7, 11) is 0. The van der Waals surface area contributed by atoms with E-state index in [0.717, 1.165) is 6.42 Å². The van der Waals surface area contributed by atoms with Crippen LogP contribution < -0.4 is 5.73 Å². The average Bonchev–Trinajstić information content (AvgIpc) is 3.09. The molecule has 0 saturated carbocycles. The number of hydrogen-bond acceptors (Lipinski definition) is 2. The summed E-state index contributed by atoms with van der Waals surface area (Å²) in [5.41, 5.74) is 11.2. The predicted octanol–water partition coefficient (Wildman–Crippen LogP) is 4.75. The van der Waals surface area contributed by atoms with Crippen LogP contribution in [0.5, 0.6) is 0 Å². The van der Waals surface area contributed by atoms with Crippen molar-refractivity contribution in [2.45, 2.75) is 56.9 Å². The lowest BCUT2D eigenvalue weighted by molar-refractivity contribution is 0.479. The van der Waals surface area contributed by atoms with Crippen molar-refractivity contribution >= 4 is 11.3 Å². The number of hydrogen-bond donors (Lipinski definition) is 1. The number of aryl methyl sites for hydroxylation is 3. The minimum Gasteiger partial charge on any atom is -0.323 e. The molecule has 0 aliphatic heterocycles. The maximum Gasteiger partial charge on any atom is 0.0395 e. The molecule has 21 heavy (non-hydrogen) atoms. The topological polar surface area (TPSA) is 26.0 Å². The maximum atomic E-state index is 6.55. The molecule has 110 valence electrons. The van der Waals surface area contributed by atoms with Crippen molar-refractivity contribution in [1.29, 1.82) is 0 Å². The highest BCUT2D eigenvalue weighted by Gasteiger charge is 2.24. The van der Waals surface area contributed by atoms with Gasteiger partial charge in [-0.05, 0) is 73.6 Å². The van der Waals surface area contributed by atoms with E-state index in [9.17, 15) is 0 Å². The Labute approximate surface area is 131 Å². The molecule has 2 aromatic rings. The Morgan fingerprint density at radius 3 is 2.86 bits per heavy atom. The van der Waals surface area contributed by atoms with Gasteiger partial charge in [0.25, 0.3) is 0 Å². The monoisotopic (exact) mass is 297 g/mol. The quantitative estimate of drug-likeness (QED) is 0.869. The lowest BCUT2D eigenvalue weighted by Crippen LogP contribution is -2.17. The summed E-state index contributed by atoms with van der Waals surface area (Å²) in [6, 6.07) is 11.6. The van der Waals surface area contributed by atoms with E-state index in [1.165, 1.54) is 43.4 Å². The van der Waals surface area contributed by atoms with Crippen LogP contribution in [0.1, 0.15) is 64.1 Å². The number of thiophene rings is 1. The van der Waals surface area contributed by atoms with Crippen LogP contribution >= 0.6 is 11.3 Å². The zero-order valence-electron chi connectivity index (χ0n) is 12.5. The molecular weight excluding hydrogens is 274 g/mol. The van der Waals surface area contributed by atoms with Crippen LogP contribution in [-0.4, -0.2) is 0 Å². The van der Waals surface area contributed by atoms with E-state index >= 15 is 0 Å². The molecular formula is C19H23NS. The van der Waals surface area contributed by atoms with Gasteiger partial charge in [-0.3, -0.25) is 0 Å². The standard InChI is InChI=1S/C19H23NS/c20-17(19-12-15-8-4-10-18(15)21-19)11-14-7-3-6-13-5-1-2-9-16(13)14/h1-2,5,9,12,14,17H,3-4,6-8,10-11,20H2. The fraction of sp³-hybridized carbons (Fsp3) is 0.474. The van der Waals surface area contributed by atoms with Crippen molar-refractivity contribution in [2.75, 3.05) is 0 Å². The molecule has 0 amide bonds. The van der Waals surface area contributed by atoms with Crippen molar-refractivity contribution in [1.82, 2.24) is 0 Å². The van der Waals surface area contributed by atoms with E-state index in [-0.39, 0.29) is 6.04 Å². The predicted molar refractivity (Wildman–Crippen MR) is 90.0 cm³/mol. The lowest BCUT2D eigenvalue weighted by atomic mass is 9.79. The first-order valence-corrected chi connectivity index (χ1v) is 9.08.